The van der Waals surface area contributed by atoms with E-state index in [2.05, 4.69) is 94.9 Å². The van der Waals surface area contributed by atoms with Crippen molar-refractivity contribution in [1.29, 1.82) is 0 Å². The fourth-order valence-corrected chi connectivity index (χ4v) is 4.88. The van der Waals surface area contributed by atoms with Gasteiger partial charge in [0, 0.05) is 56.6 Å². The third-order valence-electron chi connectivity index (χ3n) is 7.07. The van der Waals surface area contributed by atoms with Crippen LogP contribution in [0, 0.1) is 0 Å². The molecule has 3 heterocycles. The van der Waals surface area contributed by atoms with Gasteiger partial charge in [-0.15, -0.1) is 0 Å². The van der Waals surface area contributed by atoms with Crippen molar-refractivity contribution in [3.8, 4) is 11.4 Å². The molecule has 1 fully saturated rings. The lowest BCUT2D eigenvalue weighted by atomic mass is 9.87. The molecule has 2 aromatic heterocycles. The normalized spacial score (nSPS) is 15.3. The molecule has 1 aliphatic rings. The average molecular weight is 471 g/mol. The molecule has 2 aromatic carbocycles. The van der Waals surface area contributed by atoms with E-state index in [4.69, 9.17) is 4.98 Å². The van der Waals surface area contributed by atoms with Gasteiger partial charge >= 0.3 is 0 Å². The van der Waals surface area contributed by atoms with Gasteiger partial charge in [0.25, 0.3) is 0 Å². The summed E-state index contributed by atoms with van der Waals surface area (Å²) in [6.07, 6.45) is 5.44. The van der Waals surface area contributed by atoms with Crippen LogP contribution < -0.4 is 4.90 Å². The number of anilines is 1. The number of nitrogens with zero attached hydrogens (tertiary/aromatic N) is 4. The number of fused-ring (bicyclic) bond motifs is 1. The van der Waals surface area contributed by atoms with Gasteiger partial charge in [-0.25, -0.2) is 9.97 Å². The van der Waals surface area contributed by atoms with Crippen LogP contribution in [0.5, 0.6) is 0 Å². The van der Waals surface area contributed by atoms with Crippen molar-refractivity contribution < 1.29 is 0 Å². The van der Waals surface area contributed by atoms with Crippen LogP contribution in [0.1, 0.15) is 57.6 Å². The lowest BCUT2D eigenvalue weighted by Crippen LogP contribution is -2.46. The first-order valence-corrected chi connectivity index (χ1v) is 13.0. The van der Waals surface area contributed by atoms with Gasteiger partial charge in [0.05, 0.1) is 11.2 Å². The predicted molar refractivity (Wildman–Crippen MR) is 145 cm³/mol. The molecule has 0 bridgehead atoms. The molecular weight excluding hydrogens is 432 g/mol. The van der Waals surface area contributed by atoms with E-state index in [0.717, 1.165) is 67.4 Å². The zero-order chi connectivity index (χ0) is 24.4. The van der Waals surface area contributed by atoms with Crippen LogP contribution in [0.2, 0.25) is 0 Å². The summed E-state index contributed by atoms with van der Waals surface area (Å²) in [5.74, 6) is 2.05. The van der Waals surface area contributed by atoms with Crippen LogP contribution >= 0.6 is 0 Å². The van der Waals surface area contributed by atoms with Crippen molar-refractivity contribution in [3.05, 3.63) is 65.7 Å². The molecule has 2 N–H and O–H groups in total. The minimum Gasteiger partial charge on any atom is -0.367 e. The molecule has 1 saturated heterocycles. The fraction of sp³-hybridized carbons (Fsp3) is 0.448. The lowest BCUT2D eigenvalue weighted by Gasteiger charge is -2.35. The number of rotatable bonds is 7. The Morgan fingerprint density at radius 3 is 2.43 bits per heavy atom. The Balaban J connectivity index is 1.27. The Labute approximate surface area is 208 Å². The number of hydrogen-bond donors (Lipinski definition) is 2. The summed E-state index contributed by atoms with van der Waals surface area (Å²) in [7, 11) is 0. The molecule has 184 valence electrons. The summed E-state index contributed by atoms with van der Waals surface area (Å²) in [5.41, 5.74) is 7.21. The molecule has 0 amide bonds. The summed E-state index contributed by atoms with van der Waals surface area (Å²) in [6.45, 7) is 14.0. The average Bonchev–Trinajstić information content (AvgIpc) is 3.49. The number of unbranched alkanes of at least 4 members (excludes halogenated alkanes) is 1. The summed E-state index contributed by atoms with van der Waals surface area (Å²) < 4.78 is 0. The van der Waals surface area contributed by atoms with Crippen molar-refractivity contribution in [1.82, 2.24) is 24.8 Å². The van der Waals surface area contributed by atoms with Gasteiger partial charge in [0.15, 0.2) is 0 Å². The number of aryl methyl sites for hydroxylation is 1. The van der Waals surface area contributed by atoms with E-state index in [1.807, 2.05) is 6.20 Å². The van der Waals surface area contributed by atoms with Crippen LogP contribution in [0.3, 0.4) is 0 Å². The van der Waals surface area contributed by atoms with Gasteiger partial charge in [-0.1, -0.05) is 64.4 Å². The monoisotopic (exact) mass is 470 g/mol. The first-order valence-electron chi connectivity index (χ1n) is 13.0. The molecule has 0 unspecified atom stereocenters. The Morgan fingerprint density at radius 2 is 1.71 bits per heavy atom. The molecule has 6 heteroatoms. The number of hydrogen-bond acceptors (Lipinski definition) is 4. The van der Waals surface area contributed by atoms with Crippen molar-refractivity contribution >= 4 is 16.7 Å². The van der Waals surface area contributed by atoms with E-state index in [1.165, 1.54) is 29.8 Å². The molecule has 4 aromatic rings. The maximum Gasteiger partial charge on any atom is 0.138 e. The highest BCUT2D eigenvalue weighted by Gasteiger charge is 2.21. The summed E-state index contributed by atoms with van der Waals surface area (Å²) in [6, 6.07) is 15.3. The molecule has 5 rings (SSSR count). The van der Waals surface area contributed by atoms with Crippen LogP contribution in [0.25, 0.3) is 22.4 Å². The van der Waals surface area contributed by atoms with Crippen LogP contribution in [-0.2, 0) is 18.4 Å². The highest BCUT2D eigenvalue weighted by molar-refractivity contribution is 5.91. The van der Waals surface area contributed by atoms with Gasteiger partial charge in [-0.2, -0.15) is 0 Å². The second kappa shape index (κ2) is 9.86. The minimum atomic E-state index is 0.149. The predicted octanol–water partition coefficient (Wildman–Crippen LogP) is 5.92. The van der Waals surface area contributed by atoms with E-state index in [-0.39, 0.29) is 5.41 Å². The van der Waals surface area contributed by atoms with Gasteiger partial charge in [-0.3, -0.25) is 4.90 Å². The third-order valence-corrected chi connectivity index (χ3v) is 7.07. The van der Waals surface area contributed by atoms with Crippen molar-refractivity contribution in [2.45, 2.75) is 58.9 Å². The number of imidazole rings is 2. The van der Waals surface area contributed by atoms with Crippen LogP contribution in [-0.4, -0.2) is 51.0 Å². The van der Waals surface area contributed by atoms with Gasteiger partial charge in [0.1, 0.15) is 17.2 Å². The molecule has 0 aliphatic carbocycles. The second-order valence-electron chi connectivity index (χ2n) is 10.8. The first-order chi connectivity index (χ1) is 16.9. The molecular formula is C29H38N6. The topological polar surface area (TPSA) is 63.8 Å². The SMILES string of the molecule is CCCCc1ncc(CN2CCN(c3cccc4[nH]c(-c5ccc(C(C)(C)C)cc5)nc34)CC2)[nH]1. The Kier molecular flexibility index (Phi) is 6.65. The van der Waals surface area contributed by atoms with Crippen LogP contribution in [0.15, 0.2) is 48.7 Å². The van der Waals surface area contributed by atoms with E-state index in [0.29, 0.717) is 0 Å². The molecule has 35 heavy (non-hydrogen) atoms. The number of nitrogens with one attached hydrogen (secondary N) is 2. The number of benzene rings is 2. The maximum absolute atomic E-state index is 5.04. The summed E-state index contributed by atoms with van der Waals surface area (Å²) in [5, 5.41) is 0. The maximum atomic E-state index is 5.04. The number of aromatic amines is 2. The molecule has 0 atom stereocenters. The van der Waals surface area contributed by atoms with Crippen LogP contribution in [0.4, 0.5) is 5.69 Å². The number of H-pyrrole nitrogens is 2. The zero-order valence-corrected chi connectivity index (χ0v) is 21.6. The number of para-hydroxylation sites is 1. The molecule has 0 spiro atoms. The molecule has 6 nitrogen and oxygen atoms in total. The smallest absolute Gasteiger partial charge is 0.138 e. The lowest BCUT2D eigenvalue weighted by molar-refractivity contribution is 0.247. The zero-order valence-electron chi connectivity index (χ0n) is 21.6. The highest BCUT2D eigenvalue weighted by Crippen LogP contribution is 2.30. The van der Waals surface area contributed by atoms with Crippen molar-refractivity contribution in [3.63, 3.8) is 0 Å². The van der Waals surface area contributed by atoms with Gasteiger partial charge in [-0.05, 0) is 29.5 Å². The standard InChI is InChI=1S/C29H38N6/c1-5-6-10-26-30-19-23(31-26)20-34-15-17-35(18-16-34)25-9-7-8-24-27(25)33-28(32-24)21-11-13-22(14-12-21)29(2,3)4/h7-9,11-14,19H,5-6,10,15-18,20H2,1-4H3,(H,30,31)(H,32,33). The minimum absolute atomic E-state index is 0.149. The number of aromatic nitrogens is 4. The Bertz CT molecular complexity index is 1250. The first kappa shape index (κ1) is 23.6. The molecule has 0 radical (unpaired) electrons. The molecule has 0 saturated carbocycles. The molecule has 1 aliphatic heterocycles. The fourth-order valence-electron chi connectivity index (χ4n) is 4.88. The Hall–Kier alpha value is -3.12. The summed E-state index contributed by atoms with van der Waals surface area (Å²) in [4.78, 5) is 21.6. The van der Waals surface area contributed by atoms with Gasteiger partial charge in [0.2, 0.25) is 0 Å². The van der Waals surface area contributed by atoms with Crippen molar-refractivity contribution in [2.75, 3.05) is 31.1 Å². The Morgan fingerprint density at radius 1 is 0.943 bits per heavy atom. The second-order valence-corrected chi connectivity index (χ2v) is 10.8. The van der Waals surface area contributed by atoms with E-state index >= 15 is 0 Å². The van der Waals surface area contributed by atoms with E-state index in [1.54, 1.807) is 0 Å². The number of piperazine rings is 1. The largest absolute Gasteiger partial charge is 0.367 e. The highest BCUT2D eigenvalue weighted by atomic mass is 15.3. The third kappa shape index (κ3) is 5.27. The summed E-state index contributed by atoms with van der Waals surface area (Å²) >= 11 is 0. The van der Waals surface area contributed by atoms with Gasteiger partial charge < -0.3 is 14.9 Å². The van der Waals surface area contributed by atoms with E-state index in [9.17, 15) is 0 Å². The van der Waals surface area contributed by atoms with E-state index < -0.39 is 0 Å². The quantitative estimate of drug-likeness (QED) is 0.352. The van der Waals surface area contributed by atoms with Crippen molar-refractivity contribution in [2.24, 2.45) is 0 Å².